The van der Waals surface area contributed by atoms with Crippen LogP contribution in [0.2, 0.25) is 0 Å². The van der Waals surface area contributed by atoms with Gasteiger partial charge in [0.05, 0.1) is 24.6 Å². The number of thioether (sulfide) groups is 1. The summed E-state index contributed by atoms with van der Waals surface area (Å²) in [6.07, 6.45) is 4.02. The fourth-order valence-electron chi connectivity index (χ4n) is 1.85. The van der Waals surface area contributed by atoms with Gasteiger partial charge < -0.3 is 4.42 Å². The first kappa shape index (κ1) is 11.4. The van der Waals surface area contributed by atoms with Gasteiger partial charge in [-0.2, -0.15) is 5.26 Å². The largest absolute Gasteiger partial charge is 0.467 e. The molecular formula is C12H12N4OS. The third kappa shape index (κ3) is 2.27. The number of nitriles is 1. The maximum absolute atomic E-state index is 8.66. The highest BCUT2D eigenvalue weighted by molar-refractivity contribution is 7.99. The lowest BCUT2D eigenvalue weighted by Crippen LogP contribution is -2.05. The van der Waals surface area contributed by atoms with Crippen molar-refractivity contribution in [2.45, 2.75) is 30.5 Å². The van der Waals surface area contributed by atoms with Gasteiger partial charge in [-0.3, -0.25) is 4.57 Å². The number of furan rings is 1. The minimum absolute atomic E-state index is 0.390. The Bertz CT molecular complexity index is 565. The summed E-state index contributed by atoms with van der Waals surface area (Å²) >= 11 is 1.42. The Hall–Kier alpha value is -1.74. The van der Waals surface area contributed by atoms with Crippen molar-refractivity contribution < 1.29 is 4.42 Å². The van der Waals surface area contributed by atoms with Gasteiger partial charge in [0.1, 0.15) is 11.6 Å². The molecule has 0 saturated heterocycles. The van der Waals surface area contributed by atoms with Crippen LogP contribution >= 0.6 is 11.8 Å². The van der Waals surface area contributed by atoms with E-state index in [0.717, 1.165) is 16.7 Å². The zero-order valence-electron chi connectivity index (χ0n) is 9.74. The second-order valence-corrected chi connectivity index (χ2v) is 5.17. The Morgan fingerprint density at radius 3 is 3.06 bits per heavy atom. The van der Waals surface area contributed by atoms with E-state index in [9.17, 15) is 0 Å². The number of aromatic nitrogens is 3. The number of hydrogen-bond donors (Lipinski definition) is 0. The molecule has 1 fully saturated rings. The molecule has 2 aromatic heterocycles. The second kappa shape index (κ2) is 4.86. The third-order valence-corrected chi connectivity index (χ3v) is 3.68. The molecule has 5 nitrogen and oxygen atoms in total. The van der Waals surface area contributed by atoms with Crippen LogP contribution in [0.1, 0.15) is 30.3 Å². The van der Waals surface area contributed by atoms with Crippen LogP contribution in [0.4, 0.5) is 0 Å². The molecule has 0 amide bonds. The smallest absolute Gasteiger partial charge is 0.192 e. The average Bonchev–Trinajstić information content (AvgIpc) is 2.95. The maximum Gasteiger partial charge on any atom is 0.192 e. The molecule has 92 valence electrons. The van der Waals surface area contributed by atoms with Crippen LogP contribution in [-0.2, 0) is 6.54 Å². The fourth-order valence-corrected chi connectivity index (χ4v) is 2.46. The standard InChI is InChI=1S/C12H12N4OS/c13-5-7-18-12-15-14-11(9-3-4-9)16(12)8-10-2-1-6-17-10/h1-2,6,9H,3-4,7-8H2. The lowest BCUT2D eigenvalue weighted by molar-refractivity contribution is 0.478. The predicted octanol–water partition coefficient (Wildman–Crippen LogP) is 2.41. The second-order valence-electron chi connectivity index (χ2n) is 4.23. The van der Waals surface area contributed by atoms with Crippen LogP contribution in [0.25, 0.3) is 0 Å². The number of nitrogens with zero attached hydrogens (tertiary/aromatic N) is 4. The fraction of sp³-hybridized carbons (Fsp3) is 0.417. The first-order valence-electron chi connectivity index (χ1n) is 5.83. The van der Waals surface area contributed by atoms with Gasteiger partial charge in [-0.25, -0.2) is 0 Å². The Morgan fingerprint density at radius 2 is 2.39 bits per heavy atom. The molecule has 0 radical (unpaired) electrons. The maximum atomic E-state index is 8.66. The van der Waals surface area contributed by atoms with Crippen molar-refractivity contribution in [1.82, 2.24) is 14.8 Å². The van der Waals surface area contributed by atoms with E-state index in [1.807, 2.05) is 12.1 Å². The molecule has 18 heavy (non-hydrogen) atoms. The minimum Gasteiger partial charge on any atom is -0.467 e. The summed E-state index contributed by atoms with van der Waals surface area (Å²) in [4.78, 5) is 0. The lowest BCUT2D eigenvalue weighted by atomic mass is 10.3. The summed E-state index contributed by atoms with van der Waals surface area (Å²) in [6.45, 7) is 0.638. The molecular weight excluding hydrogens is 248 g/mol. The molecule has 1 saturated carbocycles. The molecule has 2 aromatic rings. The van der Waals surface area contributed by atoms with Crippen molar-refractivity contribution in [3.05, 3.63) is 30.0 Å². The van der Waals surface area contributed by atoms with Crippen molar-refractivity contribution in [2.75, 3.05) is 5.75 Å². The Morgan fingerprint density at radius 1 is 1.50 bits per heavy atom. The monoisotopic (exact) mass is 260 g/mol. The zero-order chi connectivity index (χ0) is 12.4. The average molecular weight is 260 g/mol. The van der Waals surface area contributed by atoms with Crippen LogP contribution in [-0.4, -0.2) is 20.5 Å². The summed E-state index contributed by atoms with van der Waals surface area (Å²) in [5.41, 5.74) is 0. The molecule has 0 aliphatic heterocycles. The summed E-state index contributed by atoms with van der Waals surface area (Å²) in [6, 6.07) is 5.93. The molecule has 6 heteroatoms. The normalized spacial score (nSPS) is 14.6. The van der Waals surface area contributed by atoms with E-state index >= 15 is 0 Å². The van der Waals surface area contributed by atoms with E-state index in [1.165, 1.54) is 24.6 Å². The summed E-state index contributed by atoms with van der Waals surface area (Å²) < 4.78 is 7.44. The van der Waals surface area contributed by atoms with E-state index in [1.54, 1.807) is 6.26 Å². The molecule has 2 heterocycles. The van der Waals surface area contributed by atoms with Crippen LogP contribution < -0.4 is 0 Å². The summed E-state index contributed by atoms with van der Waals surface area (Å²) in [5, 5.41) is 17.9. The van der Waals surface area contributed by atoms with Crippen LogP contribution in [0.3, 0.4) is 0 Å². The van der Waals surface area contributed by atoms with Gasteiger partial charge in [0.25, 0.3) is 0 Å². The first-order chi connectivity index (χ1) is 8.88. The van der Waals surface area contributed by atoms with E-state index < -0.39 is 0 Å². The molecule has 1 aliphatic rings. The van der Waals surface area contributed by atoms with Gasteiger partial charge in [0.15, 0.2) is 5.16 Å². The summed E-state index contributed by atoms with van der Waals surface area (Å²) in [7, 11) is 0. The van der Waals surface area contributed by atoms with Crippen LogP contribution in [0, 0.1) is 11.3 Å². The molecule has 0 aromatic carbocycles. The highest BCUT2D eigenvalue weighted by atomic mass is 32.2. The van der Waals surface area contributed by atoms with Gasteiger partial charge in [-0.05, 0) is 25.0 Å². The molecule has 0 unspecified atom stereocenters. The highest BCUT2D eigenvalue weighted by Crippen LogP contribution is 2.40. The van der Waals surface area contributed by atoms with Crippen LogP contribution in [0.15, 0.2) is 28.0 Å². The molecule has 1 aliphatic carbocycles. The van der Waals surface area contributed by atoms with Crippen molar-refractivity contribution in [1.29, 1.82) is 5.26 Å². The Labute approximate surface area is 109 Å². The van der Waals surface area contributed by atoms with Crippen molar-refractivity contribution in [3.8, 4) is 6.07 Å². The van der Waals surface area contributed by atoms with E-state index in [2.05, 4.69) is 20.8 Å². The topological polar surface area (TPSA) is 67.6 Å². The van der Waals surface area contributed by atoms with Crippen molar-refractivity contribution >= 4 is 11.8 Å². The SMILES string of the molecule is N#CCSc1nnc(C2CC2)n1Cc1ccco1. The third-order valence-electron chi connectivity index (χ3n) is 2.85. The quantitative estimate of drug-likeness (QED) is 0.772. The number of hydrogen-bond acceptors (Lipinski definition) is 5. The van der Waals surface area contributed by atoms with Crippen molar-refractivity contribution in [2.24, 2.45) is 0 Å². The number of rotatable bonds is 5. The van der Waals surface area contributed by atoms with Gasteiger partial charge in [0, 0.05) is 5.92 Å². The van der Waals surface area contributed by atoms with E-state index in [-0.39, 0.29) is 0 Å². The molecule has 0 bridgehead atoms. The molecule has 0 spiro atoms. The zero-order valence-corrected chi connectivity index (χ0v) is 10.6. The van der Waals surface area contributed by atoms with E-state index in [0.29, 0.717) is 18.2 Å². The van der Waals surface area contributed by atoms with Gasteiger partial charge in [-0.15, -0.1) is 10.2 Å². The van der Waals surface area contributed by atoms with Crippen LogP contribution in [0.5, 0.6) is 0 Å². The molecule has 0 atom stereocenters. The summed E-state index contributed by atoms with van der Waals surface area (Å²) in [5.74, 6) is 2.83. The van der Waals surface area contributed by atoms with Crippen molar-refractivity contribution in [3.63, 3.8) is 0 Å². The first-order valence-corrected chi connectivity index (χ1v) is 6.82. The Balaban J connectivity index is 1.87. The predicted molar refractivity (Wildman–Crippen MR) is 66.1 cm³/mol. The minimum atomic E-state index is 0.390. The molecule has 3 rings (SSSR count). The Kier molecular flexibility index (Phi) is 3.07. The van der Waals surface area contributed by atoms with E-state index in [4.69, 9.17) is 9.68 Å². The molecule has 0 N–H and O–H groups in total. The van der Waals surface area contributed by atoms with Gasteiger partial charge >= 0.3 is 0 Å². The lowest BCUT2D eigenvalue weighted by Gasteiger charge is -2.06. The van der Waals surface area contributed by atoms with Gasteiger partial charge in [-0.1, -0.05) is 11.8 Å². The highest BCUT2D eigenvalue weighted by Gasteiger charge is 2.30. The van der Waals surface area contributed by atoms with Gasteiger partial charge in [0.2, 0.25) is 0 Å².